The van der Waals surface area contributed by atoms with Crippen LogP contribution in [0.3, 0.4) is 0 Å². The minimum atomic E-state index is -4.02. The third-order valence-electron chi connectivity index (χ3n) is 3.36. The number of para-hydroxylation sites is 1. The number of hydrogen-bond acceptors (Lipinski definition) is 4. The Kier molecular flexibility index (Phi) is 3.68. The monoisotopic (exact) mass is 294 g/mol. The number of nitrogens with zero attached hydrogens (tertiary/aromatic N) is 2. The molecule has 0 amide bonds. The summed E-state index contributed by atoms with van der Waals surface area (Å²) in [5.41, 5.74) is 1.02. The van der Waals surface area contributed by atoms with Crippen molar-refractivity contribution in [3.63, 3.8) is 0 Å². The first-order chi connectivity index (χ1) is 9.43. The maximum atomic E-state index is 12.5. The quantitative estimate of drug-likeness (QED) is 0.897. The standard InChI is InChI=1S/C13H14N2O4S/c1-2-10(8-14)20(18,19)15-11-6-4-3-5-9(11)7-12(15)13(16)17/h3-6,10,12H,2,7H2,1H3,(H,16,17). The largest absolute Gasteiger partial charge is 0.480 e. The summed E-state index contributed by atoms with van der Waals surface area (Å²) in [7, 11) is -4.02. The van der Waals surface area contributed by atoms with Crippen molar-refractivity contribution in [2.24, 2.45) is 0 Å². The van der Waals surface area contributed by atoms with Crippen LogP contribution in [0.2, 0.25) is 0 Å². The molecule has 20 heavy (non-hydrogen) atoms. The molecule has 0 spiro atoms. The van der Waals surface area contributed by atoms with E-state index in [2.05, 4.69) is 0 Å². The fraction of sp³-hybridized carbons (Fsp3) is 0.385. The van der Waals surface area contributed by atoms with Gasteiger partial charge in [0.25, 0.3) is 10.0 Å². The van der Waals surface area contributed by atoms with Crippen molar-refractivity contribution in [3.05, 3.63) is 29.8 Å². The summed E-state index contributed by atoms with van der Waals surface area (Å²) in [6, 6.07) is 7.21. The summed E-state index contributed by atoms with van der Waals surface area (Å²) in [5, 5.41) is 17.0. The van der Waals surface area contributed by atoms with Crippen molar-refractivity contribution in [1.29, 1.82) is 5.26 Å². The maximum absolute atomic E-state index is 12.5. The second kappa shape index (κ2) is 5.13. The molecule has 1 aliphatic rings. The minimum absolute atomic E-state index is 0.115. The molecule has 1 aromatic rings. The van der Waals surface area contributed by atoms with Gasteiger partial charge >= 0.3 is 5.97 Å². The second-order valence-electron chi connectivity index (χ2n) is 4.55. The van der Waals surface area contributed by atoms with Crippen molar-refractivity contribution in [3.8, 4) is 6.07 Å². The Labute approximate surface area is 117 Å². The molecule has 2 unspecified atom stereocenters. The molecule has 0 aliphatic carbocycles. The van der Waals surface area contributed by atoms with Gasteiger partial charge in [0, 0.05) is 6.42 Å². The van der Waals surface area contributed by atoms with Crippen LogP contribution in [-0.2, 0) is 21.2 Å². The molecule has 0 bridgehead atoms. The molecule has 7 heteroatoms. The number of nitriles is 1. The van der Waals surface area contributed by atoms with Gasteiger partial charge in [-0.15, -0.1) is 0 Å². The van der Waals surface area contributed by atoms with Crippen LogP contribution < -0.4 is 4.31 Å². The van der Waals surface area contributed by atoms with Gasteiger partial charge in [0.1, 0.15) is 6.04 Å². The zero-order valence-electron chi connectivity index (χ0n) is 10.9. The van der Waals surface area contributed by atoms with Crippen LogP contribution in [0.1, 0.15) is 18.9 Å². The van der Waals surface area contributed by atoms with Crippen LogP contribution in [-0.4, -0.2) is 30.8 Å². The lowest BCUT2D eigenvalue weighted by molar-refractivity contribution is -0.138. The van der Waals surface area contributed by atoms with Gasteiger partial charge in [-0.05, 0) is 18.1 Å². The summed E-state index contributed by atoms with van der Waals surface area (Å²) in [6.45, 7) is 1.59. The Morgan fingerprint density at radius 1 is 1.55 bits per heavy atom. The highest BCUT2D eigenvalue weighted by Crippen LogP contribution is 2.36. The van der Waals surface area contributed by atoms with E-state index >= 15 is 0 Å². The number of fused-ring (bicyclic) bond motifs is 1. The van der Waals surface area contributed by atoms with E-state index in [4.69, 9.17) is 5.26 Å². The van der Waals surface area contributed by atoms with Crippen LogP contribution in [0, 0.1) is 11.3 Å². The van der Waals surface area contributed by atoms with Gasteiger partial charge in [-0.3, -0.25) is 4.31 Å². The van der Waals surface area contributed by atoms with Crippen molar-refractivity contribution < 1.29 is 18.3 Å². The van der Waals surface area contributed by atoms with Gasteiger partial charge in [-0.25, -0.2) is 13.2 Å². The fourth-order valence-electron chi connectivity index (χ4n) is 2.37. The highest BCUT2D eigenvalue weighted by molar-refractivity contribution is 7.93. The smallest absolute Gasteiger partial charge is 0.327 e. The normalized spacial score (nSPS) is 19.2. The molecule has 0 fully saturated rings. The summed E-state index contributed by atoms with van der Waals surface area (Å²) in [4.78, 5) is 11.3. The van der Waals surface area contributed by atoms with Crippen molar-refractivity contribution in [2.75, 3.05) is 4.31 Å². The highest BCUT2D eigenvalue weighted by Gasteiger charge is 2.44. The predicted octanol–water partition coefficient (Wildman–Crippen LogP) is 1.13. The van der Waals surface area contributed by atoms with E-state index in [-0.39, 0.29) is 12.8 Å². The lowest BCUT2D eigenvalue weighted by atomic mass is 10.1. The van der Waals surface area contributed by atoms with Crippen LogP contribution in [0.25, 0.3) is 0 Å². The molecule has 2 atom stereocenters. The highest BCUT2D eigenvalue weighted by atomic mass is 32.2. The first-order valence-electron chi connectivity index (χ1n) is 6.17. The molecule has 1 N–H and O–H groups in total. The number of aliphatic carboxylic acids is 1. The third kappa shape index (κ3) is 2.12. The molecule has 1 aliphatic heterocycles. The van der Waals surface area contributed by atoms with Gasteiger partial charge < -0.3 is 5.11 Å². The maximum Gasteiger partial charge on any atom is 0.327 e. The van der Waals surface area contributed by atoms with Gasteiger partial charge in [0.15, 0.2) is 5.25 Å². The number of anilines is 1. The fourth-order valence-corrected chi connectivity index (χ4v) is 4.17. The average molecular weight is 294 g/mol. The molecule has 2 rings (SSSR count). The SMILES string of the molecule is CCC(C#N)S(=O)(=O)N1c2ccccc2CC1C(=O)O. The number of carboxylic acids is 1. The molecule has 1 aromatic carbocycles. The summed E-state index contributed by atoms with van der Waals surface area (Å²) in [5.74, 6) is -1.21. The van der Waals surface area contributed by atoms with Crippen molar-refractivity contribution >= 4 is 21.7 Å². The second-order valence-corrected chi connectivity index (χ2v) is 6.55. The van der Waals surface area contributed by atoms with Crippen LogP contribution in [0.15, 0.2) is 24.3 Å². The van der Waals surface area contributed by atoms with E-state index in [1.807, 2.05) is 0 Å². The van der Waals surface area contributed by atoms with E-state index in [0.717, 1.165) is 4.31 Å². The summed E-state index contributed by atoms with van der Waals surface area (Å²) < 4.78 is 25.9. The van der Waals surface area contributed by atoms with Crippen LogP contribution in [0.5, 0.6) is 0 Å². The van der Waals surface area contributed by atoms with Gasteiger partial charge in [0.05, 0.1) is 11.8 Å². The van der Waals surface area contributed by atoms with Crippen molar-refractivity contribution in [1.82, 2.24) is 0 Å². The zero-order chi connectivity index (χ0) is 14.9. The molecule has 0 radical (unpaired) electrons. The molecule has 0 saturated carbocycles. The van der Waals surface area contributed by atoms with E-state index in [1.165, 1.54) is 0 Å². The molecule has 0 saturated heterocycles. The van der Waals surface area contributed by atoms with Crippen molar-refractivity contribution in [2.45, 2.75) is 31.1 Å². The predicted molar refractivity (Wildman–Crippen MR) is 72.7 cm³/mol. The molecule has 6 nitrogen and oxygen atoms in total. The van der Waals surface area contributed by atoms with Crippen LogP contribution in [0.4, 0.5) is 5.69 Å². The Morgan fingerprint density at radius 3 is 2.75 bits per heavy atom. The van der Waals surface area contributed by atoms with E-state index in [1.54, 1.807) is 37.3 Å². The Bertz CT molecular complexity index is 678. The first-order valence-corrected chi connectivity index (χ1v) is 7.67. The van der Waals surface area contributed by atoms with E-state index in [0.29, 0.717) is 11.3 Å². The molecule has 0 aromatic heterocycles. The number of carbonyl (C=O) groups is 1. The minimum Gasteiger partial charge on any atom is -0.480 e. The van der Waals surface area contributed by atoms with Gasteiger partial charge in [-0.1, -0.05) is 25.1 Å². The zero-order valence-corrected chi connectivity index (χ0v) is 11.7. The van der Waals surface area contributed by atoms with Gasteiger partial charge in [0.2, 0.25) is 0 Å². The molecule has 106 valence electrons. The molecule has 1 heterocycles. The number of rotatable bonds is 4. The van der Waals surface area contributed by atoms with Crippen LogP contribution >= 0.6 is 0 Å². The Hall–Kier alpha value is -2.07. The molecular weight excluding hydrogens is 280 g/mol. The first kappa shape index (κ1) is 14.3. The summed E-state index contributed by atoms with van der Waals surface area (Å²) >= 11 is 0. The third-order valence-corrected chi connectivity index (χ3v) is 5.52. The number of sulfonamides is 1. The lowest BCUT2D eigenvalue weighted by Gasteiger charge is -2.26. The Balaban J connectivity index is 2.57. The number of hydrogen-bond donors (Lipinski definition) is 1. The molecular formula is C13H14N2O4S. The number of carboxylic acid groups (broad SMARTS) is 1. The van der Waals surface area contributed by atoms with E-state index < -0.39 is 27.3 Å². The number of benzene rings is 1. The lowest BCUT2D eigenvalue weighted by Crippen LogP contribution is -2.46. The van der Waals surface area contributed by atoms with E-state index in [9.17, 15) is 18.3 Å². The van der Waals surface area contributed by atoms with Gasteiger partial charge in [-0.2, -0.15) is 5.26 Å². The topological polar surface area (TPSA) is 98.5 Å². The Morgan fingerprint density at radius 2 is 2.20 bits per heavy atom. The summed E-state index contributed by atoms with van der Waals surface area (Å²) in [6.07, 6.45) is 0.233. The average Bonchev–Trinajstić information content (AvgIpc) is 2.79.